The SMILES string of the molecule is CC(=O)OC1C=C2CC34SSC5(CC6=CC(OC(C)=O)C7OC7C6N5C3=O)C(=O)N4C2C2OC12. The van der Waals surface area contributed by atoms with Crippen molar-refractivity contribution >= 4 is 45.3 Å². The number of hydrogen-bond acceptors (Lipinski definition) is 10. The second-order valence-corrected chi connectivity index (χ2v) is 12.8. The minimum absolute atomic E-state index is 0.0824. The Hall–Kier alpha value is -2.02. The highest BCUT2D eigenvalue weighted by molar-refractivity contribution is 8.78. The zero-order valence-electron chi connectivity index (χ0n) is 18.2. The number of amides is 2. The van der Waals surface area contributed by atoms with Crippen molar-refractivity contribution in [3.63, 3.8) is 0 Å². The minimum Gasteiger partial charge on any atom is -0.455 e. The molecule has 0 aromatic heterocycles. The van der Waals surface area contributed by atoms with E-state index in [4.69, 9.17) is 18.9 Å². The summed E-state index contributed by atoms with van der Waals surface area (Å²) in [6.45, 7) is 2.73. The highest BCUT2D eigenvalue weighted by Crippen LogP contribution is 2.71. The second-order valence-electron chi connectivity index (χ2n) is 10.1. The molecule has 0 aromatic rings. The normalized spacial score (nSPS) is 50.2. The molecular formula is C22H20N2O8S2. The second kappa shape index (κ2) is 6.03. The van der Waals surface area contributed by atoms with Crippen LogP contribution in [0, 0.1) is 0 Å². The van der Waals surface area contributed by atoms with Crippen molar-refractivity contribution in [3.8, 4) is 0 Å². The van der Waals surface area contributed by atoms with Crippen LogP contribution in [-0.4, -0.2) is 92.0 Å². The van der Waals surface area contributed by atoms with Gasteiger partial charge in [-0.25, -0.2) is 0 Å². The average molecular weight is 505 g/mol. The first-order valence-electron chi connectivity index (χ1n) is 11.4. The number of ether oxygens (including phenoxy) is 4. The summed E-state index contributed by atoms with van der Waals surface area (Å²) in [5, 5.41) is 0. The molecule has 10 unspecified atom stereocenters. The molecule has 7 aliphatic heterocycles. The van der Waals surface area contributed by atoms with E-state index in [0.717, 1.165) is 11.1 Å². The molecule has 9 rings (SSSR count). The van der Waals surface area contributed by atoms with Crippen molar-refractivity contribution in [2.45, 2.75) is 85.1 Å². The van der Waals surface area contributed by atoms with E-state index in [0.29, 0.717) is 12.8 Å². The van der Waals surface area contributed by atoms with E-state index < -0.39 is 21.9 Å². The van der Waals surface area contributed by atoms with Crippen LogP contribution in [0.4, 0.5) is 0 Å². The van der Waals surface area contributed by atoms with Gasteiger partial charge in [-0.05, 0) is 23.3 Å². The van der Waals surface area contributed by atoms with Gasteiger partial charge in [0.2, 0.25) is 0 Å². The van der Waals surface area contributed by atoms with Crippen LogP contribution in [0.1, 0.15) is 26.7 Å². The van der Waals surface area contributed by atoms with Gasteiger partial charge in [0.15, 0.2) is 9.74 Å². The lowest BCUT2D eigenvalue weighted by molar-refractivity contribution is -0.166. The maximum Gasteiger partial charge on any atom is 0.303 e. The van der Waals surface area contributed by atoms with Crippen LogP contribution in [-0.2, 0) is 38.1 Å². The molecular weight excluding hydrogens is 484 g/mol. The monoisotopic (exact) mass is 504 g/mol. The first-order chi connectivity index (χ1) is 16.2. The van der Waals surface area contributed by atoms with E-state index in [1.54, 1.807) is 9.80 Å². The lowest BCUT2D eigenvalue weighted by Crippen LogP contribution is -2.76. The first-order valence-corrected chi connectivity index (χ1v) is 13.5. The maximum atomic E-state index is 14.2. The number of carbonyl (C=O) groups is 4. The Morgan fingerprint density at radius 3 is 1.62 bits per heavy atom. The number of fused-ring (bicyclic) bond motifs is 7. The Kier molecular flexibility index (Phi) is 3.58. The molecule has 178 valence electrons. The Labute approximate surface area is 201 Å². The van der Waals surface area contributed by atoms with E-state index in [9.17, 15) is 19.2 Å². The molecule has 7 fully saturated rings. The number of rotatable bonds is 2. The summed E-state index contributed by atoms with van der Waals surface area (Å²) < 4.78 is 22.6. The quantitative estimate of drug-likeness (QED) is 0.224. The largest absolute Gasteiger partial charge is 0.455 e. The Bertz CT molecular complexity index is 1100. The topological polar surface area (TPSA) is 118 Å². The van der Waals surface area contributed by atoms with Gasteiger partial charge in [-0.3, -0.25) is 19.2 Å². The van der Waals surface area contributed by atoms with Crippen LogP contribution in [0.25, 0.3) is 0 Å². The lowest BCUT2D eigenvalue weighted by Gasteiger charge is -2.58. The van der Waals surface area contributed by atoms with Crippen LogP contribution in [0.3, 0.4) is 0 Å². The van der Waals surface area contributed by atoms with Crippen LogP contribution in [0.2, 0.25) is 0 Å². The number of esters is 2. The first kappa shape index (κ1) is 20.2. The molecule has 2 aliphatic carbocycles. The Morgan fingerprint density at radius 2 is 1.24 bits per heavy atom. The zero-order chi connectivity index (χ0) is 23.3. The summed E-state index contributed by atoms with van der Waals surface area (Å²) in [6, 6.07) is -0.646. The van der Waals surface area contributed by atoms with E-state index in [2.05, 4.69) is 0 Å². The minimum atomic E-state index is -1.05. The zero-order valence-corrected chi connectivity index (χ0v) is 19.8. The summed E-state index contributed by atoms with van der Waals surface area (Å²) >= 11 is 0. The molecule has 7 heterocycles. The summed E-state index contributed by atoms with van der Waals surface area (Å²) in [4.78, 5) is 52.9. The van der Waals surface area contributed by atoms with E-state index >= 15 is 0 Å². The molecule has 7 saturated heterocycles. The van der Waals surface area contributed by atoms with Gasteiger partial charge in [-0.2, -0.15) is 0 Å². The van der Waals surface area contributed by atoms with Crippen LogP contribution in [0.5, 0.6) is 0 Å². The molecule has 0 aromatic carbocycles. The van der Waals surface area contributed by atoms with Gasteiger partial charge in [0.1, 0.15) is 36.6 Å². The standard InChI is InChI=1S/C22H20N2O8S2/c1-7(25)29-11-3-9-5-21-19(27)24-14-10(4-12(30-8(2)26)16-18(14)32-16)6-22(24,34-33-21)20(28)23(21)13(9)17-15(11)31-17/h3-4,11-18H,5-6H2,1-2H3. The van der Waals surface area contributed by atoms with Crippen molar-refractivity contribution in [3.05, 3.63) is 23.3 Å². The van der Waals surface area contributed by atoms with E-state index in [-0.39, 0.29) is 60.3 Å². The van der Waals surface area contributed by atoms with Gasteiger partial charge >= 0.3 is 11.9 Å². The Morgan fingerprint density at radius 1 is 0.824 bits per heavy atom. The van der Waals surface area contributed by atoms with Crippen LogP contribution >= 0.6 is 21.6 Å². The molecule has 0 saturated carbocycles. The average Bonchev–Trinajstić information content (AvgIpc) is 3.67. The highest BCUT2D eigenvalue weighted by atomic mass is 33.1. The van der Waals surface area contributed by atoms with Gasteiger partial charge in [-0.15, -0.1) is 0 Å². The third kappa shape index (κ3) is 2.20. The smallest absolute Gasteiger partial charge is 0.303 e. The van der Waals surface area contributed by atoms with Crippen molar-refractivity contribution in [1.82, 2.24) is 9.80 Å². The van der Waals surface area contributed by atoms with Crippen molar-refractivity contribution in [2.24, 2.45) is 0 Å². The van der Waals surface area contributed by atoms with Gasteiger partial charge in [0.25, 0.3) is 11.8 Å². The fourth-order valence-corrected chi connectivity index (χ4v) is 10.6. The third-order valence-electron chi connectivity index (χ3n) is 8.16. The molecule has 12 heteroatoms. The predicted octanol–water partition coefficient (Wildman–Crippen LogP) is 0.268. The molecule has 10 atom stereocenters. The van der Waals surface area contributed by atoms with E-state index in [1.807, 2.05) is 12.2 Å². The van der Waals surface area contributed by atoms with Gasteiger partial charge in [0, 0.05) is 26.7 Å². The molecule has 34 heavy (non-hydrogen) atoms. The number of carbonyl (C=O) groups excluding carboxylic acids is 4. The fraction of sp³-hybridized carbons (Fsp3) is 0.636. The maximum absolute atomic E-state index is 14.2. The number of piperazine rings is 1. The molecule has 2 spiro atoms. The van der Waals surface area contributed by atoms with Crippen LogP contribution < -0.4 is 0 Å². The lowest BCUT2D eigenvalue weighted by atomic mass is 9.91. The molecule has 0 N–H and O–H groups in total. The van der Waals surface area contributed by atoms with Crippen molar-refractivity contribution in [2.75, 3.05) is 0 Å². The number of nitrogens with zero attached hydrogens (tertiary/aromatic N) is 2. The van der Waals surface area contributed by atoms with Crippen LogP contribution in [0.15, 0.2) is 23.3 Å². The summed E-state index contributed by atoms with van der Waals surface area (Å²) in [5.41, 5.74) is 1.85. The molecule has 9 aliphatic rings. The van der Waals surface area contributed by atoms with Gasteiger partial charge in [0.05, 0.1) is 12.1 Å². The molecule has 10 nitrogen and oxygen atoms in total. The number of hydrogen-bond donors (Lipinski definition) is 0. The molecule has 2 amide bonds. The van der Waals surface area contributed by atoms with Crippen molar-refractivity contribution in [1.29, 1.82) is 0 Å². The highest BCUT2D eigenvalue weighted by Gasteiger charge is 2.80. The number of epoxide rings is 2. The fourth-order valence-electron chi connectivity index (χ4n) is 6.91. The summed E-state index contributed by atoms with van der Waals surface area (Å²) in [7, 11) is 2.91. The van der Waals surface area contributed by atoms with Gasteiger partial charge in [-0.1, -0.05) is 21.6 Å². The molecule has 0 radical (unpaired) electrons. The summed E-state index contributed by atoms with van der Waals surface area (Å²) in [6.07, 6.45) is 2.41. The van der Waals surface area contributed by atoms with Gasteiger partial charge < -0.3 is 28.7 Å². The predicted molar refractivity (Wildman–Crippen MR) is 116 cm³/mol. The molecule has 2 bridgehead atoms. The summed E-state index contributed by atoms with van der Waals surface area (Å²) in [5.74, 6) is -0.936. The van der Waals surface area contributed by atoms with Crippen molar-refractivity contribution < 1.29 is 38.1 Å². The van der Waals surface area contributed by atoms with E-state index in [1.165, 1.54) is 35.4 Å². The Balaban J connectivity index is 1.20. The third-order valence-corrected chi connectivity index (χ3v) is 11.7.